The number of aromatic nitrogens is 2. The molecule has 6 nitrogen and oxygen atoms in total. The van der Waals surface area contributed by atoms with Crippen molar-refractivity contribution in [2.45, 2.75) is 39.5 Å². The van der Waals surface area contributed by atoms with Crippen LogP contribution in [0.3, 0.4) is 0 Å². The van der Waals surface area contributed by atoms with Gasteiger partial charge in [-0.25, -0.2) is 0 Å². The fourth-order valence-electron chi connectivity index (χ4n) is 2.49. The van der Waals surface area contributed by atoms with Gasteiger partial charge in [0, 0.05) is 58.1 Å². The second-order valence-corrected chi connectivity index (χ2v) is 6.86. The van der Waals surface area contributed by atoms with Crippen LogP contribution in [0.25, 0.3) is 21.8 Å². The number of pyridine rings is 2. The summed E-state index contributed by atoms with van der Waals surface area (Å²) in [6, 6.07) is 18.3. The third kappa shape index (κ3) is 11.8. The Kier molecular flexibility index (Phi) is 17.6. The van der Waals surface area contributed by atoms with Crippen LogP contribution in [-0.4, -0.2) is 43.6 Å². The van der Waals surface area contributed by atoms with E-state index in [1.54, 1.807) is 36.7 Å². The van der Waals surface area contributed by atoms with Crippen LogP contribution < -0.4 is 0 Å². The molecule has 0 bridgehead atoms. The average Bonchev–Trinajstić information content (AvgIpc) is 2.82. The summed E-state index contributed by atoms with van der Waals surface area (Å²) < 4.78 is 0. The molecule has 4 aromatic rings. The van der Waals surface area contributed by atoms with Gasteiger partial charge in [0.1, 0.15) is 22.5 Å². The van der Waals surface area contributed by atoms with E-state index in [0.717, 1.165) is 36.5 Å². The van der Waals surface area contributed by atoms with E-state index in [4.69, 9.17) is 10.2 Å². The largest absolute Gasteiger partial charge is 0.506 e. The van der Waals surface area contributed by atoms with Gasteiger partial charge in [0.2, 0.25) is 0 Å². The number of aromatic hydroxyl groups is 2. The minimum absolute atomic E-state index is 0. The standard InChI is InChI=1S/2C9H7NO.2C4H10O.Ti/c2*11-8-5-1-3-7-4-2-6-10-9(7)8;2*1-2-3-4-5;/h2*1-6,11H;2*5H,2-4H2,1H3;. The summed E-state index contributed by atoms with van der Waals surface area (Å²) in [5.74, 6) is 0.478. The van der Waals surface area contributed by atoms with E-state index in [9.17, 15) is 10.2 Å². The molecule has 0 saturated heterocycles. The molecule has 33 heavy (non-hydrogen) atoms. The van der Waals surface area contributed by atoms with Gasteiger partial charge < -0.3 is 20.4 Å². The van der Waals surface area contributed by atoms with Crippen LogP contribution >= 0.6 is 0 Å². The van der Waals surface area contributed by atoms with E-state index in [1.807, 2.05) is 36.4 Å². The number of unbranched alkanes of at least 4 members (excludes halogenated alkanes) is 2. The number of fused-ring (bicyclic) bond motifs is 2. The first-order valence-corrected chi connectivity index (χ1v) is 10.9. The van der Waals surface area contributed by atoms with Crippen LogP contribution in [0.4, 0.5) is 0 Å². The van der Waals surface area contributed by atoms with Crippen LogP contribution in [-0.2, 0) is 21.7 Å². The minimum atomic E-state index is 0. The summed E-state index contributed by atoms with van der Waals surface area (Å²) >= 11 is 0. The van der Waals surface area contributed by atoms with Gasteiger partial charge in [-0.05, 0) is 37.1 Å². The van der Waals surface area contributed by atoms with Crippen molar-refractivity contribution in [2.75, 3.05) is 13.2 Å². The maximum absolute atomic E-state index is 9.31. The van der Waals surface area contributed by atoms with E-state index in [2.05, 4.69) is 23.8 Å². The van der Waals surface area contributed by atoms with Crippen LogP contribution in [0.2, 0.25) is 0 Å². The van der Waals surface area contributed by atoms with E-state index in [1.165, 1.54) is 0 Å². The Bertz CT molecular complexity index is 933. The zero-order valence-electron chi connectivity index (χ0n) is 19.4. The van der Waals surface area contributed by atoms with Gasteiger partial charge in [-0.15, -0.1) is 0 Å². The molecular weight excluding hydrogens is 452 g/mol. The van der Waals surface area contributed by atoms with Gasteiger partial charge in [0.15, 0.2) is 0 Å². The van der Waals surface area contributed by atoms with Crippen molar-refractivity contribution in [1.82, 2.24) is 9.97 Å². The van der Waals surface area contributed by atoms with Crippen LogP contribution in [0.1, 0.15) is 39.5 Å². The molecule has 0 unspecified atom stereocenters. The summed E-state index contributed by atoms with van der Waals surface area (Å²) in [6.45, 7) is 4.79. The zero-order chi connectivity index (χ0) is 23.6. The topological polar surface area (TPSA) is 107 Å². The van der Waals surface area contributed by atoms with Gasteiger partial charge in [0.25, 0.3) is 0 Å². The minimum Gasteiger partial charge on any atom is -0.506 e. The molecule has 4 N–H and O–H groups in total. The average molecular weight is 486 g/mol. The summed E-state index contributed by atoms with van der Waals surface area (Å²) in [7, 11) is 0. The van der Waals surface area contributed by atoms with E-state index in [0.29, 0.717) is 24.2 Å². The molecule has 0 amide bonds. The first-order chi connectivity index (χ1) is 15.6. The van der Waals surface area contributed by atoms with Crippen molar-refractivity contribution < 1.29 is 42.1 Å². The Morgan fingerprint density at radius 2 is 0.970 bits per heavy atom. The normalized spacial score (nSPS) is 9.33. The number of hydrogen-bond acceptors (Lipinski definition) is 6. The number of hydrogen-bond donors (Lipinski definition) is 4. The van der Waals surface area contributed by atoms with E-state index >= 15 is 0 Å². The molecule has 0 spiro atoms. The predicted molar refractivity (Wildman–Crippen MR) is 131 cm³/mol. The van der Waals surface area contributed by atoms with Crippen LogP contribution in [0.5, 0.6) is 11.5 Å². The molecule has 0 radical (unpaired) electrons. The molecule has 4 rings (SSSR count). The fourth-order valence-corrected chi connectivity index (χ4v) is 2.49. The smallest absolute Gasteiger partial charge is 0.141 e. The van der Waals surface area contributed by atoms with Crippen molar-refractivity contribution in [2.24, 2.45) is 0 Å². The molecule has 0 fully saturated rings. The Labute approximate surface area is 210 Å². The summed E-state index contributed by atoms with van der Waals surface area (Å²) in [4.78, 5) is 8.06. The first-order valence-electron chi connectivity index (χ1n) is 10.9. The third-order valence-electron chi connectivity index (χ3n) is 4.25. The predicted octanol–water partition coefficient (Wildman–Crippen LogP) is 5.44. The van der Waals surface area contributed by atoms with Crippen LogP contribution in [0, 0.1) is 0 Å². The van der Waals surface area contributed by atoms with E-state index < -0.39 is 0 Å². The molecule has 0 aliphatic rings. The number of aliphatic hydroxyl groups excluding tert-OH is 2. The van der Waals surface area contributed by atoms with Gasteiger partial charge in [0.05, 0.1) is 0 Å². The molecular formula is C26H34N2O4Ti. The first kappa shape index (κ1) is 30.5. The molecule has 2 heterocycles. The Morgan fingerprint density at radius 1 is 0.606 bits per heavy atom. The molecule has 2 aromatic carbocycles. The zero-order valence-corrected chi connectivity index (χ0v) is 20.9. The molecule has 0 saturated carbocycles. The monoisotopic (exact) mass is 486 g/mol. The number of nitrogens with zero attached hydrogens (tertiary/aromatic N) is 2. The Hall–Kier alpha value is -2.51. The summed E-state index contributed by atoms with van der Waals surface area (Å²) in [5.41, 5.74) is 1.32. The van der Waals surface area contributed by atoms with Gasteiger partial charge >= 0.3 is 0 Å². The number of aliphatic hydroxyl groups is 2. The van der Waals surface area contributed by atoms with Crippen molar-refractivity contribution in [3.05, 3.63) is 73.1 Å². The van der Waals surface area contributed by atoms with Crippen molar-refractivity contribution >= 4 is 21.8 Å². The second-order valence-electron chi connectivity index (χ2n) is 6.86. The number of rotatable bonds is 4. The SMILES string of the molecule is CCCCO.CCCCO.Oc1cccc2cccnc12.Oc1cccc2cccnc12.[Ti]. The van der Waals surface area contributed by atoms with Gasteiger partial charge in [-0.2, -0.15) is 0 Å². The Balaban J connectivity index is 0.000000441. The quantitative estimate of drug-likeness (QED) is 0.287. The maximum atomic E-state index is 9.31. The van der Waals surface area contributed by atoms with Crippen molar-refractivity contribution in [3.8, 4) is 11.5 Å². The molecule has 176 valence electrons. The molecule has 0 aliphatic heterocycles. The van der Waals surface area contributed by atoms with E-state index in [-0.39, 0.29) is 33.2 Å². The van der Waals surface area contributed by atoms with Crippen molar-refractivity contribution in [3.63, 3.8) is 0 Å². The summed E-state index contributed by atoms with van der Waals surface area (Å²) in [5, 5.41) is 36.7. The number of para-hydroxylation sites is 2. The second kappa shape index (κ2) is 19.0. The fraction of sp³-hybridized carbons (Fsp3) is 0.308. The molecule has 2 aromatic heterocycles. The number of phenolic OH excluding ortho intramolecular Hbond substituents is 2. The third-order valence-corrected chi connectivity index (χ3v) is 4.25. The van der Waals surface area contributed by atoms with Crippen LogP contribution in [0.15, 0.2) is 73.1 Å². The summed E-state index contributed by atoms with van der Waals surface area (Å²) in [6.07, 6.45) is 7.41. The van der Waals surface area contributed by atoms with Gasteiger partial charge in [-0.3, -0.25) is 9.97 Å². The van der Waals surface area contributed by atoms with Gasteiger partial charge in [-0.1, -0.05) is 63.1 Å². The number of benzene rings is 2. The molecule has 0 aliphatic carbocycles. The molecule has 0 atom stereocenters. The maximum Gasteiger partial charge on any atom is 0.141 e. The Morgan fingerprint density at radius 3 is 1.24 bits per heavy atom. The van der Waals surface area contributed by atoms with Crippen molar-refractivity contribution in [1.29, 1.82) is 0 Å². The molecule has 7 heteroatoms. The number of phenols is 2.